The van der Waals surface area contributed by atoms with Crippen molar-refractivity contribution in [2.45, 2.75) is 62.9 Å². The van der Waals surface area contributed by atoms with Gasteiger partial charge in [0.25, 0.3) is 0 Å². The van der Waals surface area contributed by atoms with Crippen molar-refractivity contribution >= 4 is 11.8 Å². The lowest BCUT2D eigenvalue weighted by Gasteiger charge is -2.36. The van der Waals surface area contributed by atoms with Crippen molar-refractivity contribution < 1.29 is 9.84 Å². The highest BCUT2D eigenvalue weighted by molar-refractivity contribution is 8.00. The Morgan fingerprint density at radius 3 is 2.50 bits per heavy atom. The molecule has 0 heterocycles. The average Bonchev–Trinajstić information content (AvgIpc) is 2.37. The third-order valence-electron chi connectivity index (χ3n) is 3.65. The molecule has 0 radical (unpaired) electrons. The summed E-state index contributed by atoms with van der Waals surface area (Å²) >= 11 is 1.99. The fourth-order valence-electron chi connectivity index (χ4n) is 2.48. The molecule has 0 bridgehead atoms. The Kier molecular flexibility index (Phi) is 7.61. The number of nitrogens with one attached hydrogen (secondary N) is 1. The zero-order valence-electron chi connectivity index (χ0n) is 12.1. The van der Waals surface area contributed by atoms with Crippen LogP contribution in [0, 0.1) is 0 Å². The Hall–Kier alpha value is 0.230. The smallest absolute Gasteiger partial charge is 0.0897 e. The van der Waals surface area contributed by atoms with Crippen molar-refractivity contribution in [1.29, 1.82) is 0 Å². The standard InChI is InChI=1S/C14H29NO2S/c1-12(2)17-10-13(16)9-15-11-14(18-3)7-5-4-6-8-14/h12-13,15-16H,4-11H2,1-3H3. The molecular formula is C14H29NO2S. The van der Waals surface area contributed by atoms with E-state index in [1.807, 2.05) is 25.6 Å². The van der Waals surface area contributed by atoms with Gasteiger partial charge in [0.15, 0.2) is 0 Å². The first-order chi connectivity index (χ1) is 8.58. The third-order valence-corrected chi connectivity index (χ3v) is 5.07. The van der Waals surface area contributed by atoms with Crippen molar-refractivity contribution in [3.8, 4) is 0 Å². The van der Waals surface area contributed by atoms with Gasteiger partial charge < -0.3 is 15.2 Å². The Morgan fingerprint density at radius 1 is 1.28 bits per heavy atom. The molecule has 1 saturated carbocycles. The molecule has 0 saturated heterocycles. The summed E-state index contributed by atoms with van der Waals surface area (Å²) in [4.78, 5) is 0. The Balaban J connectivity index is 2.18. The van der Waals surface area contributed by atoms with Gasteiger partial charge in [-0.3, -0.25) is 0 Å². The molecule has 18 heavy (non-hydrogen) atoms. The van der Waals surface area contributed by atoms with E-state index in [1.165, 1.54) is 32.1 Å². The number of aliphatic hydroxyl groups is 1. The van der Waals surface area contributed by atoms with Crippen LogP contribution in [0.25, 0.3) is 0 Å². The minimum absolute atomic E-state index is 0.190. The summed E-state index contributed by atoms with van der Waals surface area (Å²) in [6.45, 7) is 6.05. The highest BCUT2D eigenvalue weighted by atomic mass is 32.2. The summed E-state index contributed by atoms with van der Waals surface area (Å²) < 4.78 is 5.80. The first kappa shape index (κ1) is 16.3. The molecule has 3 nitrogen and oxygen atoms in total. The van der Waals surface area contributed by atoms with Crippen LogP contribution in [0.4, 0.5) is 0 Å². The van der Waals surface area contributed by atoms with Gasteiger partial charge in [0.1, 0.15) is 0 Å². The molecule has 108 valence electrons. The summed E-state index contributed by atoms with van der Waals surface area (Å²) in [6, 6.07) is 0. The van der Waals surface area contributed by atoms with E-state index < -0.39 is 6.10 Å². The van der Waals surface area contributed by atoms with Gasteiger partial charge in [0.2, 0.25) is 0 Å². The third kappa shape index (κ3) is 5.91. The van der Waals surface area contributed by atoms with Crippen LogP contribution in [0.15, 0.2) is 0 Å². The van der Waals surface area contributed by atoms with Crippen LogP contribution in [0.5, 0.6) is 0 Å². The molecule has 1 aliphatic carbocycles. The minimum atomic E-state index is -0.394. The van der Waals surface area contributed by atoms with Gasteiger partial charge in [-0.2, -0.15) is 11.8 Å². The largest absolute Gasteiger partial charge is 0.389 e. The van der Waals surface area contributed by atoms with Crippen molar-refractivity contribution in [3.63, 3.8) is 0 Å². The Morgan fingerprint density at radius 2 is 1.94 bits per heavy atom. The Labute approximate surface area is 116 Å². The van der Waals surface area contributed by atoms with Crippen LogP contribution < -0.4 is 5.32 Å². The molecule has 0 aliphatic heterocycles. The van der Waals surface area contributed by atoms with E-state index in [-0.39, 0.29) is 6.10 Å². The quantitative estimate of drug-likeness (QED) is 0.714. The van der Waals surface area contributed by atoms with Crippen LogP contribution >= 0.6 is 11.8 Å². The van der Waals surface area contributed by atoms with E-state index in [2.05, 4.69) is 11.6 Å². The summed E-state index contributed by atoms with van der Waals surface area (Å²) in [5, 5.41) is 13.2. The molecule has 0 aromatic rings. The monoisotopic (exact) mass is 275 g/mol. The summed E-state index contributed by atoms with van der Waals surface area (Å²) in [5.74, 6) is 0. The normalized spacial score (nSPS) is 21.2. The van der Waals surface area contributed by atoms with Crippen molar-refractivity contribution in [2.24, 2.45) is 0 Å². The second-order valence-corrected chi connectivity index (χ2v) is 6.89. The van der Waals surface area contributed by atoms with Crippen LogP contribution in [-0.2, 0) is 4.74 Å². The van der Waals surface area contributed by atoms with E-state index in [9.17, 15) is 5.11 Å². The number of hydrogen-bond acceptors (Lipinski definition) is 4. The van der Waals surface area contributed by atoms with E-state index in [1.54, 1.807) is 0 Å². The van der Waals surface area contributed by atoms with Crippen molar-refractivity contribution in [1.82, 2.24) is 5.32 Å². The second kappa shape index (κ2) is 8.41. The molecule has 0 amide bonds. The summed E-state index contributed by atoms with van der Waals surface area (Å²) in [5.41, 5.74) is 0. The molecule has 1 rings (SSSR count). The topological polar surface area (TPSA) is 41.5 Å². The first-order valence-corrected chi connectivity index (χ1v) is 8.36. The molecule has 1 aliphatic rings. The maximum atomic E-state index is 9.79. The fraction of sp³-hybridized carbons (Fsp3) is 1.00. The average molecular weight is 275 g/mol. The minimum Gasteiger partial charge on any atom is -0.389 e. The fourth-order valence-corrected chi connectivity index (χ4v) is 3.42. The molecule has 2 N–H and O–H groups in total. The molecule has 1 atom stereocenters. The highest BCUT2D eigenvalue weighted by Crippen LogP contribution is 2.37. The van der Waals surface area contributed by atoms with Crippen LogP contribution in [-0.4, -0.2) is 48.0 Å². The van der Waals surface area contributed by atoms with Crippen LogP contribution in [0.2, 0.25) is 0 Å². The zero-order valence-corrected chi connectivity index (χ0v) is 12.9. The van der Waals surface area contributed by atoms with E-state index in [0.717, 1.165) is 6.54 Å². The lowest BCUT2D eigenvalue weighted by atomic mass is 9.88. The molecule has 0 spiro atoms. The van der Waals surface area contributed by atoms with Gasteiger partial charge in [0, 0.05) is 17.8 Å². The SMILES string of the molecule is CSC1(CNCC(O)COC(C)C)CCCCC1. The zero-order chi connectivity index (χ0) is 13.4. The number of rotatable bonds is 8. The lowest BCUT2D eigenvalue weighted by molar-refractivity contribution is 0.00619. The van der Waals surface area contributed by atoms with Gasteiger partial charge in [-0.25, -0.2) is 0 Å². The van der Waals surface area contributed by atoms with Crippen molar-refractivity contribution in [2.75, 3.05) is 26.0 Å². The number of aliphatic hydroxyl groups excluding tert-OH is 1. The van der Waals surface area contributed by atoms with Crippen molar-refractivity contribution in [3.05, 3.63) is 0 Å². The second-order valence-electron chi connectivity index (χ2n) is 5.61. The molecular weight excluding hydrogens is 246 g/mol. The lowest BCUT2D eigenvalue weighted by Crippen LogP contribution is -2.42. The predicted octanol–water partition coefficient (Wildman–Crippen LogP) is 2.43. The van der Waals surface area contributed by atoms with Crippen LogP contribution in [0.3, 0.4) is 0 Å². The predicted molar refractivity (Wildman–Crippen MR) is 79.3 cm³/mol. The molecule has 1 unspecified atom stereocenters. The van der Waals surface area contributed by atoms with E-state index in [0.29, 0.717) is 17.9 Å². The van der Waals surface area contributed by atoms with E-state index in [4.69, 9.17) is 4.74 Å². The maximum Gasteiger partial charge on any atom is 0.0897 e. The summed E-state index contributed by atoms with van der Waals surface area (Å²) in [7, 11) is 0. The molecule has 0 aromatic carbocycles. The van der Waals surface area contributed by atoms with E-state index >= 15 is 0 Å². The summed E-state index contributed by atoms with van der Waals surface area (Å²) in [6.07, 6.45) is 8.70. The number of thioether (sulfide) groups is 1. The first-order valence-electron chi connectivity index (χ1n) is 7.13. The van der Waals surface area contributed by atoms with Gasteiger partial charge in [-0.05, 0) is 32.9 Å². The van der Waals surface area contributed by atoms with Gasteiger partial charge >= 0.3 is 0 Å². The maximum absolute atomic E-state index is 9.79. The molecule has 1 fully saturated rings. The van der Waals surface area contributed by atoms with Gasteiger partial charge in [0.05, 0.1) is 18.8 Å². The highest BCUT2D eigenvalue weighted by Gasteiger charge is 2.30. The number of hydrogen-bond donors (Lipinski definition) is 2. The molecule has 0 aromatic heterocycles. The van der Waals surface area contributed by atoms with Gasteiger partial charge in [-0.15, -0.1) is 0 Å². The Bertz CT molecular complexity index is 218. The molecule has 4 heteroatoms. The number of ether oxygens (including phenoxy) is 1. The van der Waals surface area contributed by atoms with Gasteiger partial charge in [-0.1, -0.05) is 19.3 Å². The van der Waals surface area contributed by atoms with Crippen LogP contribution in [0.1, 0.15) is 46.0 Å².